The van der Waals surface area contributed by atoms with E-state index in [1.54, 1.807) is 13.0 Å². The second-order valence-electron chi connectivity index (χ2n) is 8.62. The molecular weight excluding hydrogens is 444 g/mol. The van der Waals surface area contributed by atoms with Gasteiger partial charge >= 0.3 is 0 Å². The van der Waals surface area contributed by atoms with Crippen molar-refractivity contribution in [3.63, 3.8) is 0 Å². The minimum atomic E-state index is -1.36. The van der Waals surface area contributed by atoms with Crippen LogP contribution in [0, 0.1) is 11.7 Å². The summed E-state index contributed by atoms with van der Waals surface area (Å²) in [4.78, 5) is 2.42. The molecule has 1 heterocycles. The second-order valence-corrected chi connectivity index (χ2v) is 9.53. The zero-order valence-corrected chi connectivity index (χ0v) is 18.7. The molecule has 1 aliphatic heterocycles. The van der Waals surface area contributed by atoms with Crippen molar-refractivity contribution in [3.8, 4) is 0 Å². The molecule has 0 N–H and O–H groups in total. The molecule has 0 spiro atoms. The number of halogens is 3. The van der Waals surface area contributed by atoms with E-state index in [9.17, 15) is 4.39 Å². The summed E-state index contributed by atoms with van der Waals surface area (Å²) in [6.07, 6.45) is 0.703. The quantitative estimate of drug-likeness (QED) is 0.361. The van der Waals surface area contributed by atoms with Gasteiger partial charge in [-0.1, -0.05) is 76.6 Å². The third kappa shape index (κ3) is 5.16. The first-order valence-electron chi connectivity index (χ1n) is 10.4. The van der Waals surface area contributed by atoms with Crippen LogP contribution in [0.4, 0.5) is 8.78 Å². The first kappa shape index (κ1) is 21.2. The predicted molar refractivity (Wildman–Crippen MR) is 122 cm³/mol. The molecule has 4 heteroatoms. The molecule has 1 saturated heterocycles. The van der Waals surface area contributed by atoms with Crippen molar-refractivity contribution in [2.75, 3.05) is 13.1 Å². The molecule has 0 radical (unpaired) electrons. The molecule has 3 aromatic carbocycles. The van der Waals surface area contributed by atoms with E-state index in [1.165, 1.54) is 23.3 Å². The molecule has 0 bridgehead atoms. The monoisotopic (exact) mass is 469 g/mol. The van der Waals surface area contributed by atoms with Crippen molar-refractivity contribution < 1.29 is 8.78 Å². The van der Waals surface area contributed by atoms with Gasteiger partial charge in [0.15, 0.2) is 0 Å². The summed E-state index contributed by atoms with van der Waals surface area (Å²) in [6, 6.07) is 25.8. The van der Waals surface area contributed by atoms with Crippen molar-refractivity contribution in [3.05, 3.63) is 106 Å². The fraction of sp³-hybridized carbons (Fsp3) is 0.308. The molecule has 0 aromatic heterocycles. The number of rotatable bonds is 7. The highest BCUT2D eigenvalue weighted by atomic mass is 79.9. The zero-order chi connectivity index (χ0) is 21.1. The lowest BCUT2D eigenvalue weighted by Crippen LogP contribution is -2.50. The molecule has 3 aromatic rings. The van der Waals surface area contributed by atoms with E-state index < -0.39 is 5.67 Å². The van der Waals surface area contributed by atoms with Crippen molar-refractivity contribution in [2.45, 2.75) is 31.5 Å². The zero-order valence-electron chi connectivity index (χ0n) is 17.1. The van der Waals surface area contributed by atoms with Gasteiger partial charge in [-0.3, -0.25) is 4.90 Å². The number of hydrogen-bond acceptors (Lipinski definition) is 1. The Morgan fingerprint density at radius 3 is 2.07 bits per heavy atom. The van der Waals surface area contributed by atoms with E-state index in [1.807, 2.05) is 12.1 Å². The Labute approximate surface area is 185 Å². The van der Waals surface area contributed by atoms with Crippen molar-refractivity contribution in [1.82, 2.24) is 4.90 Å². The Morgan fingerprint density at radius 2 is 1.53 bits per heavy atom. The molecule has 1 unspecified atom stereocenters. The maximum absolute atomic E-state index is 15.3. The Balaban J connectivity index is 1.42. The van der Waals surface area contributed by atoms with Gasteiger partial charge in [0.1, 0.15) is 11.5 Å². The van der Waals surface area contributed by atoms with Gasteiger partial charge in [0.2, 0.25) is 0 Å². The van der Waals surface area contributed by atoms with E-state index in [-0.39, 0.29) is 18.3 Å². The molecule has 0 amide bonds. The van der Waals surface area contributed by atoms with Crippen LogP contribution >= 0.6 is 15.9 Å². The fourth-order valence-corrected chi connectivity index (χ4v) is 5.16. The molecule has 156 valence electrons. The highest BCUT2D eigenvalue weighted by molar-refractivity contribution is 9.10. The summed E-state index contributed by atoms with van der Waals surface area (Å²) < 4.78 is 29.6. The molecular formula is C26H26BrF2N. The normalized spacial score (nSPS) is 17.0. The molecule has 1 fully saturated rings. The third-order valence-corrected chi connectivity index (χ3v) is 6.25. The Hall–Kier alpha value is -2.04. The third-order valence-electron chi connectivity index (χ3n) is 5.79. The number of hydrogen-bond donors (Lipinski definition) is 0. The summed E-state index contributed by atoms with van der Waals surface area (Å²) in [5.41, 5.74) is 1.85. The van der Waals surface area contributed by atoms with E-state index in [2.05, 4.69) is 69.4 Å². The molecule has 30 heavy (non-hydrogen) atoms. The van der Waals surface area contributed by atoms with Crippen LogP contribution in [-0.2, 0) is 6.42 Å². The smallest absolute Gasteiger partial charge is 0.124 e. The number of nitrogens with zero attached hydrogens (tertiary/aromatic N) is 1. The molecule has 4 rings (SSSR count). The Kier molecular flexibility index (Phi) is 6.35. The van der Waals surface area contributed by atoms with E-state index >= 15 is 4.39 Å². The van der Waals surface area contributed by atoms with E-state index in [0.29, 0.717) is 22.4 Å². The van der Waals surface area contributed by atoms with Gasteiger partial charge in [-0.05, 0) is 54.2 Å². The van der Waals surface area contributed by atoms with Gasteiger partial charge in [0, 0.05) is 24.0 Å². The van der Waals surface area contributed by atoms with Crippen molar-refractivity contribution in [2.24, 2.45) is 5.92 Å². The fourth-order valence-electron chi connectivity index (χ4n) is 4.65. The van der Waals surface area contributed by atoms with Crippen LogP contribution in [0.2, 0.25) is 0 Å². The van der Waals surface area contributed by atoms with Crippen molar-refractivity contribution in [1.29, 1.82) is 0 Å². The molecule has 1 atom stereocenters. The first-order chi connectivity index (χ1) is 14.4. The topological polar surface area (TPSA) is 3.24 Å². The van der Waals surface area contributed by atoms with Gasteiger partial charge in [0.05, 0.1) is 6.04 Å². The van der Waals surface area contributed by atoms with Crippen LogP contribution < -0.4 is 0 Å². The van der Waals surface area contributed by atoms with Crippen LogP contribution in [0.25, 0.3) is 0 Å². The lowest BCUT2D eigenvalue weighted by Gasteiger charge is -2.46. The molecule has 1 aliphatic rings. The standard InChI is InChI=1S/C26H26BrF2N/c1-26(29,15-19-12-23(27)14-24(28)13-19)16-20-17-30(18-20)25(21-8-4-2-5-9-21)22-10-6-3-7-11-22/h2-14,20,25H,15-18H2,1H3. The van der Waals surface area contributed by atoms with E-state index in [4.69, 9.17) is 0 Å². The van der Waals surface area contributed by atoms with Crippen LogP contribution in [0.15, 0.2) is 83.3 Å². The summed E-state index contributed by atoms with van der Waals surface area (Å²) in [5.74, 6) is -0.0366. The van der Waals surface area contributed by atoms with Gasteiger partial charge in [-0.25, -0.2) is 8.78 Å². The summed E-state index contributed by atoms with van der Waals surface area (Å²) >= 11 is 3.30. The number of alkyl halides is 1. The minimum Gasteiger partial charge on any atom is -0.292 e. The average Bonchev–Trinajstić information content (AvgIpc) is 2.66. The largest absolute Gasteiger partial charge is 0.292 e. The first-order valence-corrected chi connectivity index (χ1v) is 11.2. The van der Waals surface area contributed by atoms with Crippen LogP contribution in [0.1, 0.15) is 36.1 Å². The summed E-state index contributed by atoms with van der Waals surface area (Å²) in [7, 11) is 0. The second kappa shape index (κ2) is 8.99. The maximum atomic E-state index is 15.3. The van der Waals surface area contributed by atoms with E-state index in [0.717, 1.165) is 13.1 Å². The lowest BCUT2D eigenvalue weighted by atomic mass is 9.82. The van der Waals surface area contributed by atoms with Crippen LogP contribution in [-0.4, -0.2) is 23.7 Å². The average molecular weight is 470 g/mol. The number of benzene rings is 3. The molecule has 1 nitrogen and oxygen atoms in total. The minimum absolute atomic E-state index is 0.189. The predicted octanol–water partition coefficient (Wildman–Crippen LogP) is 6.97. The molecule has 0 aliphatic carbocycles. The lowest BCUT2D eigenvalue weighted by molar-refractivity contribution is 0.0238. The summed E-state index contributed by atoms with van der Waals surface area (Å²) in [5, 5.41) is 0. The van der Waals surface area contributed by atoms with Crippen LogP contribution in [0.5, 0.6) is 0 Å². The molecule has 0 saturated carbocycles. The van der Waals surface area contributed by atoms with Crippen molar-refractivity contribution >= 4 is 15.9 Å². The SMILES string of the molecule is CC(F)(Cc1cc(F)cc(Br)c1)CC1CN(C(c2ccccc2)c2ccccc2)C1. The Morgan fingerprint density at radius 1 is 0.967 bits per heavy atom. The van der Waals surface area contributed by atoms with Crippen LogP contribution in [0.3, 0.4) is 0 Å². The van der Waals surface area contributed by atoms with Gasteiger partial charge in [0.25, 0.3) is 0 Å². The van der Waals surface area contributed by atoms with Gasteiger partial charge in [-0.2, -0.15) is 0 Å². The Bertz CT molecular complexity index is 909. The van der Waals surface area contributed by atoms with Gasteiger partial charge in [-0.15, -0.1) is 0 Å². The summed E-state index contributed by atoms with van der Waals surface area (Å²) in [6.45, 7) is 3.36. The number of likely N-dealkylation sites (tertiary alicyclic amines) is 1. The van der Waals surface area contributed by atoms with Gasteiger partial charge < -0.3 is 0 Å². The highest BCUT2D eigenvalue weighted by Crippen LogP contribution is 2.38. The highest BCUT2D eigenvalue weighted by Gasteiger charge is 2.38. The maximum Gasteiger partial charge on any atom is 0.124 e.